The summed E-state index contributed by atoms with van der Waals surface area (Å²) in [7, 11) is 0. The SMILES string of the molecule is CCCC(C(=O)CCN)C(=O)CCN. The fourth-order valence-corrected chi connectivity index (χ4v) is 1.42. The highest BCUT2D eigenvalue weighted by atomic mass is 16.1. The Morgan fingerprint density at radius 3 is 1.79 bits per heavy atom. The molecule has 0 aromatic carbocycles. The van der Waals surface area contributed by atoms with E-state index in [1.165, 1.54) is 0 Å². The molecular weight excluding hydrogens is 180 g/mol. The number of carbonyl (C=O) groups is 2. The standard InChI is InChI=1S/C10H20N2O2/c1-2-3-8(9(13)4-6-11)10(14)5-7-12/h8H,2-7,11-12H2,1H3. The lowest BCUT2D eigenvalue weighted by molar-refractivity contribution is -0.132. The van der Waals surface area contributed by atoms with Crippen LogP contribution in [0.15, 0.2) is 0 Å². The van der Waals surface area contributed by atoms with Crippen molar-refractivity contribution < 1.29 is 9.59 Å². The van der Waals surface area contributed by atoms with Gasteiger partial charge in [-0.3, -0.25) is 9.59 Å². The molecule has 0 heterocycles. The molecule has 0 atom stereocenters. The van der Waals surface area contributed by atoms with Gasteiger partial charge in [-0.05, 0) is 19.5 Å². The zero-order valence-corrected chi connectivity index (χ0v) is 8.79. The fraction of sp³-hybridized carbons (Fsp3) is 0.800. The Hall–Kier alpha value is -0.740. The van der Waals surface area contributed by atoms with Crippen molar-refractivity contribution in [1.82, 2.24) is 0 Å². The Balaban J connectivity index is 4.25. The Bertz CT molecular complexity index is 175. The highest BCUT2D eigenvalue weighted by molar-refractivity contribution is 6.02. The van der Waals surface area contributed by atoms with Crippen LogP contribution in [0.2, 0.25) is 0 Å². The maximum absolute atomic E-state index is 11.5. The third kappa shape index (κ3) is 4.48. The molecule has 4 heteroatoms. The van der Waals surface area contributed by atoms with Crippen LogP contribution in [0.5, 0.6) is 0 Å². The van der Waals surface area contributed by atoms with Gasteiger partial charge in [0.2, 0.25) is 0 Å². The zero-order valence-electron chi connectivity index (χ0n) is 8.79. The molecule has 4 N–H and O–H groups in total. The maximum Gasteiger partial charge on any atom is 0.144 e. The molecule has 0 aromatic rings. The minimum atomic E-state index is -0.466. The lowest BCUT2D eigenvalue weighted by Crippen LogP contribution is -2.27. The Labute approximate surface area is 85.0 Å². The number of nitrogens with two attached hydrogens (primary N) is 2. The molecule has 0 fully saturated rings. The van der Waals surface area contributed by atoms with Gasteiger partial charge in [-0.1, -0.05) is 13.3 Å². The van der Waals surface area contributed by atoms with Crippen LogP contribution in [-0.2, 0) is 9.59 Å². The van der Waals surface area contributed by atoms with E-state index >= 15 is 0 Å². The van der Waals surface area contributed by atoms with E-state index in [-0.39, 0.29) is 11.6 Å². The first kappa shape index (κ1) is 13.3. The molecule has 0 aliphatic carbocycles. The summed E-state index contributed by atoms with van der Waals surface area (Å²) in [4.78, 5) is 23.0. The molecule has 0 amide bonds. The summed E-state index contributed by atoms with van der Waals surface area (Å²) in [5, 5.41) is 0. The second-order valence-electron chi connectivity index (χ2n) is 3.35. The largest absolute Gasteiger partial charge is 0.330 e. The van der Waals surface area contributed by atoms with Crippen LogP contribution in [0, 0.1) is 5.92 Å². The van der Waals surface area contributed by atoms with E-state index in [2.05, 4.69) is 0 Å². The van der Waals surface area contributed by atoms with Crippen molar-refractivity contribution in [1.29, 1.82) is 0 Å². The number of ketones is 2. The van der Waals surface area contributed by atoms with Gasteiger partial charge >= 0.3 is 0 Å². The highest BCUT2D eigenvalue weighted by Crippen LogP contribution is 2.12. The van der Waals surface area contributed by atoms with Crippen molar-refractivity contribution in [3.8, 4) is 0 Å². The average molecular weight is 200 g/mol. The van der Waals surface area contributed by atoms with Crippen molar-refractivity contribution in [2.45, 2.75) is 32.6 Å². The number of hydrogen-bond donors (Lipinski definition) is 2. The molecule has 0 rings (SSSR count). The first-order valence-corrected chi connectivity index (χ1v) is 5.12. The van der Waals surface area contributed by atoms with Crippen LogP contribution in [0.25, 0.3) is 0 Å². The number of hydrogen-bond acceptors (Lipinski definition) is 4. The van der Waals surface area contributed by atoms with Gasteiger partial charge in [-0.25, -0.2) is 0 Å². The lowest BCUT2D eigenvalue weighted by Gasteiger charge is -2.12. The molecule has 0 unspecified atom stereocenters. The van der Waals surface area contributed by atoms with Crippen LogP contribution in [0.1, 0.15) is 32.6 Å². The second-order valence-corrected chi connectivity index (χ2v) is 3.35. The monoisotopic (exact) mass is 200 g/mol. The van der Waals surface area contributed by atoms with E-state index in [9.17, 15) is 9.59 Å². The molecule has 0 aliphatic rings. The molecule has 0 saturated heterocycles. The summed E-state index contributed by atoms with van der Waals surface area (Å²) in [5.41, 5.74) is 10.6. The first-order chi connectivity index (χ1) is 6.67. The van der Waals surface area contributed by atoms with Gasteiger partial charge in [-0.15, -0.1) is 0 Å². The van der Waals surface area contributed by atoms with Crippen molar-refractivity contribution in [3.63, 3.8) is 0 Å². The van der Waals surface area contributed by atoms with Gasteiger partial charge in [0.1, 0.15) is 11.6 Å². The van der Waals surface area contributed by atoms with Gasteiger partial charge in [0.15, 0.2) is 0 Å². The van der Waals surface area contributed by atoms with Crippen molar-refractivity contribution in [2.24, 2.45) is 17.4 Å². The van der Waals surface area contributed by atoms with Gasteiger partial charge in [0, 0.05) is 12.8 Å². The Morgan fingerprint density at radius 1 is 1.07 bits per heavy atom. The second kappa shape index (κ2) is 7.64. The number of Topliss-reactive ketones (excluding diaryl/α,β-unsaturated/α-hetero) is 2. The normalized spacial score (nSPS) is 10.6. The summed E-state index contributed by atoms with van der Waals surface area (Å²) in [6.07, 6.45) is 2.04. The first-order valence-electron chi connectivity index (χ1n) is 5.12. The summed E-state index contributed by atoms with van der Waals surface area (Å²) >= 11 is 0. The number of carbonyl (C=O) groups excluding carboxylic acids is 2. The average Bonchev–Trinajstić information content (AvgIpc) is 2.14. The topological polar surface area (TPSA) is 86.2 Å². The molecule has 4 nitrogen and oxygen atoms in total. The lowest BCUT2D eigenvalue weighted by atomic mass is 9.90. The molecule has 0 aliphatic heterocycles. The predicted octanol–water partition coefficient (Wildman–Crippen LogP) is 0.239. The van der Waals surface area contributed by atoms with Gasteiger partial charge in [0.25, 0.3) is 0 Å². The van der Waals surface area contributed by atoms with Gasteiger partial charge in [0.05, 0.1) is 5.92 Å². The van der Waals surface area contributed by atoms with E-state index < -0.39 is 5.92 Å². The molecule has 0 radical (unpaired) electrons. The quantitative estimate of drug-likeness (QED) is 0.549. The van der Waals surface area contributed by atoms with E-state index in [0.717, 1.165) is 6.42 Å². The summed E-state index contributed by atoms with van der Waals surface area (Å²) < 4.78 is 0. The number of rotatable bonds is 8. The minimum Gasteiger partial charge on any atom is -0.330 e. The molecule has 82 valence electrons. The zero-order chi connectivity index (χ0) is 11.0. The van der Waals surface area contributed by atoms with Crippen LogP contribution in [0.4, 0.5) is 0 Å². The van der Waals surface area contributed by atoms with E-state index in [1.54, 1.807) is 0 Å². The molecule has 0 aromatic heterocycles. The van der Waals surface area contributed by atoms with Crippen LogP contribution in [-0.4, -0.2) is 24.7 Å². The third-order valence-electron chi connectivity index (χ3n) is 2.14. The van der Waals surface area contributed by atoms with Crippen molar-refractivity contribution in [3.05, 3.63) is 0 Å². The highest BCUT2D eigenvalue weighted by Gasteiger charge is 2.23. The Morgan fingerprint density at radius 2 is 1.50 bits per heavy atom. The van der Waals surface area contributed by atoms with E-state index in [0.29, 0.717) is 32.4 Å². The Kier molecular flexibility index (Phi) is 7.24. The van der Waals surface area contributed by atoms with Gasteiger partial charge < -0.3 is 11.5 Å². The van der Waals surface area contributed by atoms with Crippen molar-refractivity contribution in [2.75, 3.05) is 13.1 Å². The molecule has 0 bridgehead atoms. The summed E-state index contributed by atoms with van der Waals surface area (Å²) in [6, 6.07) is 0. The van der Waals surface area contributed by atoms with E-state index in [1.807, 2.05) is 6.92 Å². The predicted molar refractivity (Wildman–Crippen MR) is 55.8 cm³/mol. The molecule has 14 heavy (non-hydrogen) atoms. The van der Waals surface area contributed by atoms with E-state index in [4.69, 9.17) is 11.5 Å². The van der Waals surface area contributed by atoms with Crippen LogP contribution >= 0.6 is 0 Å². The fourth-order valence-electron chi connectivity index (χ4n) is 1.42. The van der Waals surface area contributed by atoms with Crippen molar-refractivity contribution >= 4 is 11.6 Å². The smallest absolute Gasteiger partial charge is 0.144 e. The maximum atomic E-state index is 11.5. The minimum absolute atomic E-state index is 0.0344. The third-order valence-corrected chi connectivity index (χ3v) is 2.14. The molecular formula is C10H20N2O2. The summed E-state index contributed by atoms with van der Waals surface area (Å²) in [5.74, 6) is -0.535. The van der Waals surface area contributed by atoms with Crippen LogP contribution in [0.3, 0.4) is 0 Å². The molecule has 0 saturated carbocycles. The van der Waals surface area contributed by atoms with Crippen LogP contribution < -0.4 is 11.5 Å². The van der Waals surface area contributed by atoms with Gasteiger partial charge in [-0.2, -0.15) is 0 Å². The summed E-state index contributed by atoms with van der Waals surface area (Å²) in [6.45, 7) is 2.59. The molecule has 0 spiro atoms.